The number of non-ortho nitro benzene ring substituents is 1. The van der Waals surface area contributed by atoms with E-state index in [4.69, 9.17) is 0 Å². The predicted molar refractivity (Wildman–Crippen MR) is 123 cm³/mol. The molecule has 1 aliphatic heterocycles. The first-order valence-corrected chi connectivity index (χ1v) is 10.6. The van der Waals surface area contributed by atoms with Crippen LogP contribution in [0.4, 0.5) is 11.4 Å². The first-order valence-electron chi connectivity index (χ1n) is 10.6. The van der Waals surface area contributed by atoms with Gasteiger partial charge in [0, 0.05) is 60.4 Å². The van der Waals surface area contributed by atoms with Gasteiger partial charge in [-0.05, 0) is 36.1 Å². The van der Waals surface area contributed by atoms with E-state index in [-0.39, 0.29) is 36.4 Å². The molecule has 9 heteroatoms. The summed E-state index contributed by atoms with van der Waals surface area (Å²) in [5.41, 5.74) is 1.74. The van der Waals surface area contributed by atoms with Crippen LogP contribution in [-0.2, 0) is 4.79 Å². The van der Waals surface area contributed by atoms with E-state index in [9.17, 15) is 24.5 Å². The van der Waals surface area contributed by atoms with Gasteiger partial charge in [0.1, 0.15) is 0 Å². The summed E-state index contributed by atoms with van der Waals surface area (Å²) in [6.07, 6.45) is 0.539. The van der Waals surface area contributed by atoms with Gasteiger partial charge >= 0.3 is 0 Å². The van der Waals surface area contributed by atoms with Crippen molar-refractivity contribution in [1.82, 2.24) is 10.2 Å². The predicted octanol–water partition coefficient (Wildman–Crippen LogP) is 3.35. The Bertz CT molecular complexity index is 1190. The van der Waals surface area contributed by atoms with E-state index in [1.807, 2.05) is 12.1 Å². The molecule has 2 N–H and O–H groups in total. The van der Waals surface area contributed by atoms with Gasteiger partial charge in [0.2, 0.25) is 5.91 Å². The Hall–Kier alpha value is -4.27. The third-order valence-electron chi connectivity index (χ3n) is 5.50. The molecule has 0 radical (unpaired) electrons. The Morgan fingerprint density at radius 3 is 2.15 bits per heavy atom. The molecule has 0 spiro atoms. The van der Waals surface area contributed by atoms with E-state index in [1.54, 1.807) is 36.4 Å². The second-order valence-electron chi connectivity index (χ2n) is 7.66. The zero-order valence-electron chi connectivity index (χ0n) is 17.7. The van der Waals surface area contributed by atoms with Crippen LogP contribution in [0, 0.1) is 10.1 Å². The Kier molecular flexibility index (Phi) is 6.30. The van der Waals surface area contributed by atoms with Crippen LogP contribution in [0.3, 0.4) is 0 Å². The number of carbonyl (C=O) groups is 3. The van der Waals surface area contributed by atoms with Gasteiger partial charge in [-0.1, -0.05) is 24.3 Å². The molecular weight excluding hydrogens is 424 g/mol. The molecule has 168 valence electrons. The molecule has 3 aromatic rings. The third-order valence-corrected chi connectivity index (χ3v) is 5.50. The summed E-state index contributed by atoms with van der Waals surface area (Å²) in [6, 6.07) is 16.8. The zero-order valence-corrected chi connectivity index (χ0v) is 17.7. The van der Waals surface area contributed by atoms with E-state index in [2.05, 4.69) is 10.6 Å². The topological polar surface area (TPSA) is 122 Å². The number of anilines is 1. The Balaban J connectivity index is 1.23. The van der Waals surface area contributed by atoms with Gasteiger partial charge in [0.25, 0.3) is 17.5 Å². The van der Waals surface area contributed by atoms with Crippen molar-refractivity contribution in [1.29, 1.82) is 0 Å². The number of nitro groups is 1. The maximum absolute atomic E-state index is 12.9. The van der Waals surface area contributed by atoms with Gasteiger partial charge < -0.3 is 10.6 Å². The number of amides is 3. The molecule has 0 fully saturated rings. The lowest BCUT2D eigenvalue weighted by molar-refractivity contribution is -0.384. The standard InChI is InChI=1S/C24H22N4O5/c29-21(26-14-13-25-17-9-11-18(12-10-17)28(32)33)8-3-15-27-23(30)19-6-1-4-16-5-2-7-20(22(16)19)24(27)31/h1-2,4-7,9-12,25H,3,8,13-15H2,(H,26,29). The Morgan fingerprint density at radius 2 is 1.55 bits per heavy atom. The Morgan fingerprint density at radius 1 is 0.909 bits per heavy atom. The van der Waals surface area contributed by atoms with Gasteiger partial charge in [0.05, 0.1) is 4.92 Å². The minimum absolute atomic E-state index is 0.0136. The van der Waals surface area contributed by atoms with E-state index in [1.165, 1.54) is 17.0 Å². The van der Waals surface area contributed by atoms with Crippen molar-refractivity contribution in [3.8, 4) is 0 Å². The van der Waals surface area contributed by atoms with Crippen molar-refractivity contribution in [2.75, 3.05) is 25.0 Å². The van der Waals surface area contributed by atoms with Crippen LogP contribution in [0.15, 0.2) is 60.7 Å². The van der Waals surface area contributed by atoms with Crippen molar-refractivity contribution in [2.45, 2.75) is 12.8 Å². The van der Waals surface area contributed by atoms with Crippen molar-refractivity contribution < 1.29 is 19.3 Å². The fourth-order valence-corrected chi connectivity index (χ4v) is 3.88. The molecule has 0 aromatic heterocycles. The van der Waals surface area contributed by atoms with Crippen LogP contribution in [0.5, 0.6) is 0 Å². The average Bonchev–Trinajstić information content (AvgIpc) is 2.82. The number of nitrogens with zero attached hydrogens (tertiary/aromatic N) is 2. The smallest absolute Gasteiger partial charge is 0.269 e. The Labute approximate surface area is 189 Å². The van der Waals surface area contributed by atoms with Crippen LogP contribution in [0.1, 0.15) is 33.6 Å². The van der Waals surface area contributed by atoms with E-state index < -0.39 is 4.92 Å². The van der Waals surface area contributed by atoms with Crippen LogP contribution in [0.25, 0.3) is 10.8 Å². The van der Waals surface area contributed by atoms with Crippen LogP contribution in [-0.4, -0.2) is 47.2 Å². The summed E-state index contributed by atoms with van der Waals surface area (Å²) < 4.78 is 0. The maximum atomic E-state index is 12.9. The third kappa shape index (κ3) is 4.67. The molecule has 3 aromatic carbocycles. The first kappa shape index (κ1) is 21.9. The highest BCUT2D eigenvalue weighted by Gasteiger charge is 2.32. The highest BCUT2D eigenvalue weighted by molar-refractivity contribution is 6.25. The van der Waals surface area contributed by atoms with Crippen LogP contribution >= 0.6 is 0 Å². The van der Waals surface area contributed by atoms with Crippen LogP contribution in [0.2, 0.25) is 0 Å². The van der Waals surface area contributed by atoms with E-state index in [0.717, 1.165) is 5.39 Å². The number of benzene rings is 3. The molecule has 0 saturated carbocycles. The summed E-state index contributed by atoms with van der Waals surface area (Å²) in [5, 5.41) is 18.1. The molecule has 33 heavy (non-hydrogen) atoms. The van der Waals surface area contributed by atoms with E-state index in [0.29, 0.717) is 41.7 Å². The summed E-state index contributed by atoms with van der Waals surface area (Å²) in [4.78, 5) is 49.2. The van der Waals surface area contributed by atoms with Crippen molar-refractivity contribution in [2.24, 2.45) is 0 Å². The number of imide groups is 1. The fourth-order valence-electron chi connectivity index (χ4n) is 3.88. The summed E-state index contributed by atoms with van der Waals surface area (Å²) >= 11 is 0. The van der Waals surface area contributed by atoms with Gasteiger partial charge in [-0.15, -0.1) is 0 Å². The normalized spacial score (nSPS) is 12.7. The van der Waals surface area contributed by atoms with Gasteiger partial charge in [0.15, 0.2) is 0 Å². The molecule has 0 atom stereocenters. The molecule has 9 nitrogen and oxygen atoms in total. The summed E-state index contributed by atoms with van der Waals surface area (Å²) in [6.45, 7) is 0.983. The van der Waals surface area contributed by atoms with Crippen molar-refractivity contribution in [3.63, 3.8) is 0 Å². The molecule has 0 saturated heterocycles. The largest absolute Gasteiger partial charge is 0.383 e. The van der Waals surface area contributed by atoms with Crippen molar-refractivity contribution >= 4 is 39.9 Å². The van der Waals surface area contributed by atoms with Gasteiger partial charge in [-0.3, -0.25) is 29.4 Å². The highest BCUT2D eigenvalue weighted by atomic mass is 16.6. The highest BCUT2D eigenvalue weighted by Crippen LogP contribution is 2.30. The number of nitro benzene ring substituents is 1. The van der Waals surface area contributed by atoms with E-state index >= 15 is 0 Å². The monoisotopic (exact) mass is 446 g/mol. The maximum Gasteiger partial charge on any atom is 0.269 e. The quantitative estimate of drug-likeness (QED) is 0.225. The van der Waals surface area contributed by atoms with Gasteiger partial charge in [-0.25, -0.2) is 0 Å². The fraction of sp³-hybridized carbons (Fsp3) is 0.208. The molecular formula is C24H22N4O5. The SMILES string of the molecule is O=C(CCCN1C(=O)c2cccc3cccc(c23)C1=O)NCCNc1ccc([N+](=O)[O-])cc1. The number of hydrogen-bond donors (Lipinski definition) is 2. The molecule has 0 unspecified atom stereocenters. The summed E-state index contributed by atoms with van der Waals surface area (Å²) in [7, 11) is 0. The second kappa shape index (κ2) is 9.47. The van der Waals surface area contributed by atoms with Gasteiger partial charge in [-0.2, -0.15) is 0 Å². The average molecular weight is 446 g/mol. The number of carbonyl (C=O) groups excluding carboxylic acids is 3. The summed E-state index contributed by atoms with van der Waals surface area (Å²) in [5.74, 6) is -0.853. The lowest BCUT2D eigenvalue weighted by atomic mass is 9.94. The first-order chi connectivity index (χ1) is 16.0. The molecule has 0 aliphatic carbocycles. The second-order valence-corrected chi connectivity index (χ2v) is 7.66. The number of rotatable bonds is 9. The van der Waals surface area contributed by atoms with Crippen LogP contribution < -0.4 is 10.6 Å². The minimum Gasteiger partial charge on any atom is -0.383 e. The lowest BCUT2D eigenvalue weighted by Crippen LogP contribution is -2.41. The zero-order chi connectivity index (χ0) is 23.4. The molecule has 1 aliphatic rings. The minimum atomic E-state index is -0.464. The molecule has 0 bridgehead atoms. The molecule has 1 heterocycles. The molecule has 3 amide bonds. The lowest BCUT2D eigenvalue weighted by Gasteiger charge is -2.27. The van der Waals surface area contributed by atoms with Crippen molar-refractivity contribution in [3.05, 3.63) is 81.9 Å². The number of nitrogens with one attached hydrogen (secondary N) is 2. The number of hydrogen-bond acceptors (Lipinski definition) is 6. The molecule has 4 rings (SSSR count).